The molecule has 3 rings (SSSR count). The van der Waals surface area contributed by atoms with Gasteiger partial charge in [0.15, 0.2) is 0 Å². The first-order valence-corrected chi connectivity index (χ1v) is 8.44. The first-order chi connectivity index (χ1) is 11.3. The molecule has 2 aromatic rings. The van der Waals surface area contributed by atoms with E-state index in [-0.39, 0.29) is 0 Å². The van der Waals surface area contributed by atoms with Crippen LogP contribution in [0.1, 0.15) is 24.2 Å². The Bertz CT molecular complexity index is 558. The van der Waals surface area contributed by atoms with Gasteiger partial charge in [0.1, 0.15) is 11.5 Å². The van der Waals surface area contributed by atoms with Gasteiger partial charge in [0.2, 0.25) is 0 Å². The van der Waals surface area contributed by atoms with Crippen molar-refractivity contribution in [3.8, 4) is 5.75 Å². The maximum absolute atomic E-state index is 5.37. The molecule has 1 aliphatic heterocycles. The maximum atomic E-state index is 5.37. The third-order valence-corrected chi connectivity index (χ3v) is 4.61. The quantitative estimate of drug-likeness (QED) is 0.852. The SMILES string of the molecule is COc1ccc(CCN2CCC(NCc3ccco3)CC2)cc1. The molecule has 0 atom stereocenters. The fraction of sp³-hybridized carbons (Fsp3) is 0.474. The predicted octanol–water partition coefficient (Wildman–Crippen LogP) is 3.08. The van der Waals surface area contributed by atoms with E-state index < -0.39 is 0 Å². The number of benzene rings is 1. The fourth-order valence-corrected chi connectivity index (χ4v) is 3.10. The normalized spacial score (nSPS) is 16.6. The number of nitrogens with one attached hydrogen (secondary N) is 1. The number of likely N-dealkylation sites (tertiary alicyclic amines) is 1. The summed E-state index contributed by atoms with van der Waals surface area (Å²) in [7, 11) is 1.71. The van der Waals surface area contributed by atoms with Gasteiger partial charge < -0.3 is 19.4 Å². The Labute approximate surface area is 138 Å². The van der Waals surface area contributed by atoms with E-state index in [0.717, 1.165) is 31.0 Å². The van der Waals surface area contributed by atoms with Gasteiger partial charge in [-0.25, -0.2) is 0 Å². The Balaban J connectivity index is 1.35. The van der Waals surface area contributed by atoms with E-state index in [2.05, 4.69) is 22.3 Å². The lowest BCUT2D eigenvalue weighted by Gasteiger charge is -2.32. The monoisotopic (exact) mass is 314 g/mol. The van der Waals surface area contributed by atoms with Gasteiger partial charge in [-0.05, 0) is 62.2 Å². The molecule has 1 aromatic heterocycles. The summed E-state index contributed by atoms with van der Waals surface area (Å²) in [6, 6.07) is 13.0. The Morgan fingerprint density at radius 3 is 2.61 bits per heavy atom. The minimum atomic E-state index is 0.609. The summed E-state index contributed by atoms with van der Waals surface area (Å²) in [6.07, 6.45) is 5.26. The molecular formula is C19H26N2O2. The summed E-state index contributed by atoms with van der Waals surface area (Å²) in [5.41, 5.74) is 1.38. The largest absolute Gasteiger partial charge is 0.497 e. The Kier molecular flexibility index (Phi) is 5.72. The second-order valence-electron chi connectivity index (χ2n) is 6.17. The molecule has 1 N–H and O–H groups in total. The number of hydrogen-bond donors (Lipinski definition) is 1. The van der Waals surface area contributed by atoms with Gasteiger partial charge in [0.25, 0.3) is 0 Å². The van der Waals surface area contributed by atoms with Crippen LogP contribution in [0.15, 0.2) is 47.1 Å². The van der Waals surface area contributed by atoms with E-state index in [4.69, 9.17) is 9.15 Å². The van der Waals surface area contributed by atoms with Crippen molar-refractivity contribution in [2.24, 2.45) is 0 Å². The zero-order valence-electron chi connectivity index (χ0n) is 13.8. The summed E-state index contributed by atoms with van der Waals surface area (Å²) in [5, 5.41) is 3.60. The zero-order valence-corrected chi connectivity index (χ0v) is 13.8. The van der Waals surface area contributed by atoms with E-state index in [1.165, 1.54) is 31.5 Å². The molecule has 124 valence electrons. The molecule has 1 aromatic carbocycles. The van der Waals surface area contributed by atoms with Crippen LogP contribution in [0, 0.1) is 0 Å². The molecule has 1 aliphatic rings. The van der Waals surface area contributed by atoms with Crippen molar-refractivity contribution in [3.63, 3.8) is 0 Å². The van der Waals surface area contributed by atoms with Crippen molar-refractivity contribution in [2.75, 3.05) is 26.7 Å². The minimum Gasteiger partial charge on any atom is -0.497 e. The number of hydrogen-bond acceptors (Lipinski definition) is 4. The highest BCUT2D eigenvalue weighted by atomic mass is 16.5. The predicted molar refractivity (Wildman–Crippen MR) is 91.7 cm³/mol. The number of furan rings is 1. The van der Waals surface area contributed by atoms with Gasteiger partial charge in [0.05, 0.1) is 19.9 Å². The molecule has 0 radical (unpaired) electrons. The summed E-state index contributed by atoms with van der Waals surface area (Å²) in [4.78, 5) is 2.56. The van der Waals surface area contributed by atoms with Gasteiger partial charge in [-0.1, -0.05) is 12.1 Å². The lowest BCUT2D eigenvalue weighted by molar-refractivity contribution is 0.197. The summed E-state index contributed by atoms with van der Waals surface area (Å²) in [5.74, 6) is 1.95. The molecule has 0 saturated carbocycles. The third-order valence-electron chi connectivity index (χ3n) is 4.61. The van der Waals surface area contributed by atoms with Gasteiger partial charge in [0, 0.05) is 12.6 Å². The highest BCUT2D eigenvalue weighted by molar-refractivity contribution is 5.27. The number of methoxy groups -OCH3 is 1. The molecule has 0 spiro atoms. The third kappa shape index (κ3) is 4.85. The van der Waals surface area contributed by atoms with Crippen molar-refractivity contribution in [1.82, 2.24) is 10.2 Å². The molecule has 4 nitrogen and oxygen atoms in total. The van der Waals surface area contributed by atoms with Crippen LogP contribution in [-0.4, -0.2) is 37.7 Å². The molecule has 4 heteroatoms. The number of nitrogens with zero attached hydrogens (tertiary/aromatic N) is 1. The van der Waals surface area contributed by atoms with E-state index in [0.29, 0.717) is 6.04 Å². The van der Waals surface area contributed by atoms with Crippen molar-refractivity contribution in [2.45, 2.75) is 31.8 Å². The van der Waals surface area contributed by atoms with Crippen molar-refractivity contribution >= 4 is 0 Å². The zero-order chi connectivity index (χ0) is 15.9. The Morgan fingerprint density at radius 2 is 1.96 bits per heavy atom. The van der Waals surface area contributed by atoms with Crippen molar-refractivity contribution in [3.05, 3.63) is 54.0 Å². The second-order valence-corrected chi connectivity index (χ2v) is 6.17. The molecular weight excluding hydrogens is 288 g/mol. The fourth-order valence-electron chi connectivity index (χ4n) is 3.10. The van der Waals surface area contributed by atoms with Crippen LogP contribution in [0.25, 0.3) is 0 Å². The van der Waals surface area contributed by atoms with Gasteiger partial charge >= 0.3 is 0 Å². The average Bonchev–Trinajstić information content (AvgIpc) is 3.13. The van der Waals surface area contributed by atoms with E-state index in [9.17, 15) is 0 Å². The van der Waals surface area contributed by atoms with Gasteiger partial charge in [-0.3, -0.25) is 0 Å². The van der Waals surface area contributed by atoms with Crippen LogP contribution >= 0.6 is 0 Å². The van der Waals surface area contributed by atoms with Crippen LogP contribution < -0.4 is 10.1 Å². The summed E-state index contributed by atoms with van der Waals surface area (Å²) >= 11 is 0. The smallest absolute Gasteiger partial charge is 0.118 e. The van der Waals surface area contributed by atoms with E-state index in [1.807, 2.05) is 24.3 Å². The molecule has 0 amide bonds. The molecule has 0 aliphatic carbocycles. The lowest BCUT2D eigenvalue weighted by Crippen LogP contribution is -2.42. The highest BCUT2D eigenvalue weighted by Gasteiger charge is 2.18. The van der Waals surface area contributed by atoms with Crippen LogP contribution in [0.3, 0.4) is 0 Å². The molecule has 0 unspecified atom stereocenters. The topological polar surface area (TPSA) is 37.6 Å². The van der Waals surface area contributed by atoms with E-state index >= 15 is 0 Å². The first-order valence-electron chi connectivity index (χ1n) is 8.44. The van der Waals surface area contributed by atoms with Crippen LogP contribution in [0.5, 0.6) is 5.75 Å². The highest BCUT2D eigenvalue weighted by Crippen LogP contribution is 2.15. The van der Waals surface area contributed by atoms with Gasteiger partial charge in [-0.2, -0.15) is 0 Å². The molecule has 0 bridgehead atoms. The Morgan fingerprint density at radius 1 is 1.17 bits per heavy atom. The Hall–Kier alpha value is -1.78. The summed E-state index contributed by atoms with van der Waals surface area (Å²) in [6.45, 7) is 4.32. The second kappa shape index (κ2) is 8.18. The van der Waals surface area contributed by atoms with Crippen LogP contribution in [0.4, 0.5) is 0 Å². The number of piperidine rings is 1. The molecule has 2 heterocycles. The average molecular weight is 314 g/mol. The first kappa shape index (κ1) is 16.1. The van der Waals surface area contributed by atoms with Crippen LogP contribution in [0.2, 0.25) is 0 Å². The molecule has 23 heavy (non-hydrogen) atoms. The van der Waals surface area contributed by atoms with E-state index in [1.54, 1.807) is 13.4 Å². The standard InChI is InChI=1S/C19H26N2O2/c1-22-18-6-4-16(5-7-18)8-11-21-12-9-17(10-13-21)20-15-19-3-2-14-23-19/h2-7,14,17,20H,8-13,15H2,1H3. The lowest BCUT2D eigenvalue weighted by atomic mass is 10.0. The van der Waals surface area contributed by atoms with Crippen molar-refractivity contribution in [1.29, 1.82) is 0 Å². The maximum Gasteiger partial charge on any atom is 0.118 e. The summed E-state index contributed by atoms with van der Waals surface area (Å²) < 4.78 is 10.6. The molecule has 1 saturated heterocycles. The minimum absolute atomic E-state index is 0.609. The number of rotatable bonds is 7. The van der Waals surface area contributed by atoms with Crippen LogP contribution in [-0.2, 0) is 13.0 Å². The number of ether oxygens (including phenoxy) is 1. The van der Waals surface area contributed by atoms with Gasteiger partial charge in [-0.15, -0.1) is 0 Å². The molecule has 1 fully saturated rings. The van der Waals surface area contributed by atoms with Crippen molar-refractivity contribution < 1.29 is 9.15 Å².